The molecule has 1 heterocycles. The first-order valence-corrected chi connectivity index (χ1v) is 10.2. The summed E-state index contributed by atoms with van der Waals surface area (Å²) in [7, 11) is 3.10. The topological polar surface area (TPSA) is 104 Å². The fourth-order valence-electron chi connectivity index (χ4n) is 2.79. The number of anilines is 5. The van der Waals surface area contributed by atoms with Gasteiger partial charge in [0.25, 0.3) is 0 Å². The molecular formula is C22H26ClN5O3. The van der Waals surface area contributed by atoms with Crippen LogP contribution in [0.3, 0.4) is 0 Å². The van der Waals surface area contributed by atoms with Gasteiger partial charge in [0.15, 0.2) is 11.6 Å². The average molecular weight is 444 g/mol. The minimum Gasteiger partial charge on any atom is -0.495 e. The zero-order valence-electron chi connectivity index (χ0n) is 17.7. The van der Waals surface area contributed by atoms with E-state index in [-0.39, 0.29) is 0 Å². The van der Waals surface area contributed by atoms with Gasteiger partial charge in [-0.2, -0.15) is 0 Å². The lowest BCUT2D eigenvalue weighted by Crippen LogP contribution is -2.06. The van der Waals surface area contributed by atoms with E-state index in [1.807, 2.05) is 24.3 Å². The molecular weight excluding hydrogens is 418 g/mol. The van der Waals surface area contributed by atoms with Gasteiger partial charge >= 0.3 is 0 Å². The van der Waals surface area contributed by atoms with Gasteiger partial charge in [0.2, 0.25) is 0 Å². The van der Waals surface area contributed by atoms with Crippen molar-refractivity contribution in [2.75, 3.05) is 37.2 Å². The Morgan fingerprint density at radius 2 is 1.65 bits per heavy atom. The summed E-state index contributed by atoms with van der Waals surface area (Å²) in [5, 5.41) is 6.78. The summed E-state index contributed by atoms with van der Waals surface area (Å²) >= 11 is 6.25. The number of rotatable bonds is 10. The number of hydrogen-bond donors (Lipinski definition) is 3. The maximum absolute atomic E-state index is 6.30. The van der Waals surface area contributed by atoms with Crippen LogP contribution in [0.15, 0.2) is 42.7 Å². The third kappa shape index (κ3) is 5.61. The Hall–Kier alpha value is -3.39. The fourth-order valence-corrected chi connectivity index (χ4v) is 3.03. The van der Waals surface area contributed by atoms with Crippen molar-refractivity contribution in [3.63, 3.8) is 0 Å². The Balaban J connectivity index is 1.77. The monoisotopic (exact) mass is 443 g/mol. The van der Waals surface area contributed by atoms with Gasteiger partial charge in [-0.3, -0.25) is 0 Å². The van der Waals surface area contributed by atoms with E-state index in [4.69, 9.17) is 31.5 Å². The van der Waals surface area contributed by atoms with E-state index < -0.39 is 0 Å². The van der Waals surface area contributed by atoms with Gasteiger partial charge in [-0.05, 0) is 36.8 Å². The van der Waals surface area contributed by atoms with Crippen LogP contribution in [0, 0.1) is 0 Å². The highest BCUT2D eigenvalue weighted by molar-refractivity contribution is 6.32. The molecule has 0 aliphatic rings. The zero-order chi connectivity index (χ0) is 22.2. The molecule has 0 unspecified atom stereocenters. The molecule has 8 nitrogen and oxygen atoms in total. The molecule has 0 aliphatic carbocycles. The van der Waals surface area contributed by atoms with Crippen LogP contribution in [0.4, 0.5) is 28.7 Å². The molecule has 31 heavy (non-hydrogen) atoms. The molecule has 0 bridgehead atoms. The number of methoxy groups -OCH3 is 2. The van der Waals surface area contributed by atoms with Crippen LogP contribution < -0.4 is 30.6 Å². The molecule has 0 aliphatic heterocycles. The first-order chi connectivity index (χ1) is 15.0. The second kappa shape index (κ2) is 10.6. The van der Waals surface area contributed by atoms with Crippen LogP contribution in [-0.4, -0.2) is 30.8 Å². The van der Waals surface area contributed by atoms with Crippen LogP contribution in [0.2, 0.25) is 5.02 Å². The minimum absolute atomic E-state index is 0.347. The van der Waals surface area contributed by atoms with Gasteiger partial charge in [0.05, 0.1) is 31.5 Å². The number of benzene rings is 2. The summed E-state index contributed by atoms with van der Waals surface area (Å²) in [4.78, 5) is 8.49. The van der Waals surface area contributed by atoms with E-state index in [1.54, 1.807) is 19.2 Å². The predicted molar refractivity (Wildman–Crippen MR) is 124 cm³/mol. The standard InChI is InChI=1S/C22H26ClN5O3/c1-4-5-10-31-15-8-6-14(7-9-15)27-21-20(24)22(26-13-25-21)28-17-11-16(23)18(29-2)12-19(17)30-3/h6-9,11-13H,4-5,10,24H2,1-3H3,(H2,25,26,27,28). The van der Waals surface area contributed by atoms with Gasteiger partial charge in [-0.15, -0.1) is 0 Å². The largest absolute Gasteiger partial charge is 0.495 e. The molecule has 3 rings (SSSR count). The van der Waals surface area contributed by atoms with Crippen molar-refractivity contribution in [3.8, 4) is 17.2 Å². The summed E-state index contributed by atoms with van der Waals surface area (Å²) in [6.45, 7) is 2.83. The van der Waals surface area contributed by atoms with Crippen molar-refractivity contribution in [1.82, 2.24) is 9.97 Å². The van der Waals surface area contributed by atoms with Crippen LogP contribution in [0.1, 0.15) is 19.8 Å². The highest BCUT2D eigenvalue weighted by atomic mass is 35.5. The molecule has 9 heteroatoms. The SMILES string of the molecule is CCCCOc1ccc(Nc2ncnc(Nc3cc(Cl)c(OC)cc3OC)c2N)cc1. The van der Waals surface area contributed by atoms with E-state index in [0.29, 0.717) is 46.1 Å². The van der Waals surface area contributed by atoms with E-state index in [0.717, 1.165) is 24.3 Å². The second-order valence-electron chi connectivity index (χ2n) is 6.65. The molecule has 4 N–H and O–H groups in total. The number of nitrogens with zero attached hydrogens (tertiary/aromatic N) is 2. The Kier molecular flexibility index (Phi) is 7.61. The molecule has 1 aromatic heterocycles. The molecule has 0 radical (unpaired) electrons. The Morgan fingerprint density at radius 1 is 0.968 bits per heavy atom. The summed E-state index contributed by atoms with van der Waals surface area (Å²) in [5.74, 6) is 2.74. The predicted octanol–water partition coefficient (Wildman–Crippen LogP) is 5.40. The number of halogens is 1. The Labute approximate surface area is 186 Å². The van der Waals surface area contributed by atoms with Gasteiger partial charge in [-0.25, -0.2) is 9.97 Å². The number of aromatic nitrogens is 2. The average Bonchev–Trinajstić information content (AvgIpc) is 2.78. The first kappa shape index (κ1) is 22.3. The van der Waals surface area contributed by atoms with Crippen LogP contribution >= 0.6 is 11.6 Å². The lowest BCUT2D eigenvalue weighted by atomic mass is 10.2. The van der Waals surface area contributed by atoms with E-state index >= 15 is 0 Å². The number of unbranched alkanes of at least 4 members (excludes halogenated alkanes) is 1. The lowest BCUT2D eigenvalue weighted by molar-refractivity contribution is 0.309. The van der Waals surface area contributed by atoms with Crippen molar-refractivity contribution in [1.29, 1.82) is 0 Å². The highest BCUT2D eigenvalue weighted by Crippen LogP contribution is 2.38. The van der Waals surface area contributed by atoms with Gasteiger partial charge in [0, 0.05) is 11.8 Å². The highest BCUT2D eigenvalue weighted by Gasteiger charge is 2.14. The normalized spacial score (nSPS) is 10.5. The van der Waals surface area contributed by atoms with Gasteiger partial charge in [0.1, 0.15) is 29.3 Å². The molecule has 164 valence electrons. The summed E-state index contributed by atoms with van der Waals surface area (Å²) in [6, 6.07) is 11.0. The Morgan fingerprint density at radius 3 is 2.29 bits per heavy atom. The number of nitrogens with one attached hydrogen (secondary N) is 2. The summed E-state index contributed by atoms with van der Waals surface area (Å²) in [6.07, 6.45) is 3.54. The van der Waals surface area contributed by atoms with Crippen molar-refractivity contribution < 1.29 is 14.2 Å². The Bertz CT molecular complexity index is 1010. The van der Waals surface area contributed by atoms with Gasteiger partial charge in [-0.1, -0.05) is 24.9 Å². The quantitative estimate of drug-likeness (QED) is 0.358. The van der Waals surface area contributed by atoms with Gasteiger partial charge < -0.3 is 30.6 Å². The fraction of sp³-hybridized carbons (Fsp3) is 0.273. The zero-order valence-corrected chi connectivity index (χ0v) is 18.5. The number of ether oxygens (including phenoxy) is 3. The summed E-state index contributed by atoms with van der Waals surface area (Å²) < 4.78 is 16.3. The van der Waals surface area contributed by atoms with Crippen LogP contribution in [0.5, 0.6) is 17.2 Å². The van der Waals surface area contributed by atoms with Crippen LogP contribution in [0.25, 0.3) is 0 Å². The van der Waals surface area contributed by atoms with E-state index in [1.165, 1.54) is 13.4 Å². The number of nitrogens with two attached hydrogens (primary N) is 1. The second-order valence-corrected chi connectivity index (χ2v) is 7.06. The van der Waals surface area contributed by atoms with Crippen molar-refractivity contribution in [2.24, 2.45) is 0 Å². The first-order valence-electron chi connectivity index (χ1n) is 9.84. The van der Waals surface area contributed by atoms with E-state index in [9.17, 15) is 0 Å². The molecule has 2 aromatic carbocycles. The third-order valence-corrected chi connectivity index (χ3v) is 4.79. The molecule has 0 saturated heterocycles. The third-order valence-electron chi connectivity index (χ3n) is 4.49. The maximum atomic E-state index is 6.30. The van der Waals surface area contributed by atoms with Crippen molar-refractivity contribution in [2.45, 2.75) is 19.8 Å². The molecule has 3 aromatic rings. The lowest BCUT2D eigenvalue weighted by Gasteiger charge is -2.16. The van der Waals surface area contributed by atoms with Crippen molar-refractivity contribution >= 4 is 40.3 Å². The van der Waals surface area contributed by atoms with Crippen LogP contribution in [-0.2, 0) is 0 Å². The molecule has 0 atom stereocenters. The molecule has 0 saturated carbocycles. The molecule has 0 spiro atoms. The molecule has 0 fully saturated rings. The molecule has 0 amide bonds. The summed E-state index contributed by atoms with van der Waals surface area (Å²) in [5.41, 5.74) is 8.07. The number of hydrogen-bond acceptors (Lipinski definition) is 8. The van der Waals surface area contributed by atoms with Crippen molar-refractivity contribution in [3.05, 3.63) is 47.7 Å². The minimum atomic E-state index is 0.347. The maximum Gasteiger partial charge on any atom is 0.159 e. The van der Waals surface area contributed by atoms with E-state index in [2.05, 4.69) is 27.5 Å². The smallest absolute Gasteiger partial charge is 0.159 e. The number of nitrogen functional groups attached to an aromatic ring is 1.